The predicted octanol–water partition coefficient (Wildman–Crippen LogP) is 3.19. The van der Waals surface area contributed by atoms with Gasteiger partial charge >= 0.3 is 0 Å². The molecule has 2 aromatic heterocycles. The Morgan fingerprint density at radius 1 is 1.38 bits per heavy atom. The number of anilines is 1. The lowest BCUT2D eigenvalue weighted by molar-refractivity contribution is 0.0737. The van der Waals surface area contributed by atoms with E-state index in [1.54, 1.807) is 17.5 Å². The van der Waals surface area contributed by atoms with E-state index in [0.29, 0.717) is 5.56 Å². The Kier molecular flexibility index (Phi) is 3.92. The molecule has 0 aromatic carbocycles. The van der Waals surface area contributed by atoms with Gasteiger partial charge in [0.05, 0.1) is 11.6 Å². The Bertz CT molecular complexity index is 607. The highest BCUT2D eigenvalue weighted by molar-refractivity contribution is 7.10. The summed E-state index contributed by atoms with van der Waals surface area (Å²) >= 11 is 1.73. The van der Waals surface area contributed by atoms with Crippen molar-refractivity contribution in [3.63, 3.8) is 0 Å². The largest absolute Gasteiger partial charge is 0.363 e. The molecule has 1 aliphatic heterocycles. The van der Waals surface area contributed by atoms with Gasteiger partial charge in [0.15, 0.2) is 0 Å². The third-order valence-corrected chi connectivity index (χ3v) is 4.81. The first-order chi connectivity index (χ1) is 10.2. The minimum absolute atomic E-state index is 0.0868. The Morgan fingerprint density at radius 3 is 2.86 bits per heavy atom. The van der Waals surface area contributed by atoms with Gasteiger partial charge in [-0.3, -0.25) is 4.79 Å². The standard InChI is InChI=1S/C16H19N3OS/c1-18(2)15-8-7-12(11-17-15)16(20)19-9-3-5-13(19)14-6-4-10-21-14/h4,6-8,10-11,13H,3,5,9H2,1-2H3. The van der Waals surface area contributed by atoms with Crippen LogP contribution < -0.4 is 4.90 Å². The van der Waals surface area contributed by atoms with E-state index in [0.717, 1.165) is 25.2 Å². The number of thiophene rings is 1. The molecule has 1 aliphatic rings. The Balaban J connectivity index is 1.81. The number of hydrogen-bond acceptors (Lipinski definition) is 4. The SMILES string of the molecule is CN(C)c1ccc(C(=O)N2CCCC2c2cccs2)cn1. The molecule has 0 saturated carbocycles. The van der Waals surface area contributed by atoms with Crippen LogP contribution in [0.5, 0.6) is 0 Å². The first-order valence-corrected chi connectivity index (χ1v) is 8.02. The van der Waals surface area contributed by atoms with Crippen LogP contribution in [0.2, 0.25) is 0 Å². The monoisotopic (exact) mass is 301 g/mol. The molecule has 1 amide bonds. The van der Waals surface area contributed by atoms with Gasteiger partial charge in [-0.2, -0.15) is 0 Å². The molecular weight excluding hydrogens is 282 g/mol. The summed E-state index contributed by atoms with van der Waals surface area (Å²) < 4.78 is 0. The molecule has 110 valence electrons. The van der Waals surface area contributed by atoms with Crippen molar-refractivity contribution in [2.45, 2.75) is 18.9 Å². The van der Waals surface area contributed by atoms with Gasteiger partial charge in [0.2, 0.25) is 0 Å². The number of carbonyl (C=O) groups excluding carboxylic acids is 1. The number of aromatic nitrogens is 1. The van der Waals surface area contributed by atoms with Crippen molar-refractivity contribution in [2.24, 2.45) is 0 Å². The van der Waals surface area contributed by atoms with Crippen LogP contribution in [0, 0.1) is 0 Å². The van der Waals surface area contributed by atoms with Crippen molar-refractivity contribution in [3.8, 4) is 0 Å². The number of hydrogen-bond donors (Lipinski definition) is 0. The average Bonchev–Trinajstić information content (AvgIpc) is 3.17. The van der Waals surface area contributed by atoms with E-state index in [-0.39, 0.29) is 11.9 Å². The summed E-state index contributed by atoms with van der Waals surface area (Å²) in [6, 6.07) is 8.16. The highest BCUT2D eigenvalue weighted by Gasteiger charge is 2.31. The highest BCUT2D eigenvalue weighted by atomic mass is 32.1. The molecule has 4 nitrogen and oxygen atoms in total. The quantitative estimate of drug-likeness (QED) is 0.873. The van der Waals surface area contributed by atoms with Crippen LogP contribution in [-0.4, -0.2) is 36.4 Å². The maximum absolute atomic E-state index is 12.7. The highest BCUT2D eigenvalue weighted by Crippen LogP contribution is 2.35. The molecule has 0 bridgehead atoms. The maximum atomic E-state index is 12.7. The smallest absolute Gasteiger partial charge is 0.255 e. The van der Waals surface area contributed by atoms with Crippen molar-refractivity contribution in [1.82, 2.24) is 9.88 Å². The third kappa shape index (κ3) is 2.78. The first kappa shape index (κ1) is 14.1. The fraction of sp³-hybridized carbons (Fsp3) is 0.375. The van der Waals surface area contributed by atoms with E-state index in [4.69, 9.17) is 0 Å². The fourth-order valence-corrected chi connectivity index (χ4v) is 3.60. The van der Waals surface area contributed by atoms with Gasteiger partial charge in [-0.25, -0.2) is 4.98 Å². The number of amides is 1. The minimum atomic E-state index is 0.0868. The summed E-state index contributed by atoms with van der Waals surface area (Å²) in [5.41, 5.74) is 0.670. The summed E-state index contributed by atoms with van der Waals surface area (Å²) in [5, 5.41) is 2.07. The van der Waals surface area contributed by atoms with E-state index >= 15 is 0 Å². The van der Waals surface area contributed by atoms with Crippen LogP contribution in [0.3, 0.4) is 0 Å². The molecule has 1 atom stereocenters. The van der Waals surface area contributed by atoms with Crippen LogP contribution in [-0.2, 0) is 0 Å². The van der Waals surface area contributed by atoms with Crippen LogP contribution in [0.1, 0.15) is 34.1 Å². The van der Waals surface area contributed by atoms with Gasteiger partial charge < -0.3 is 9.80 Å². The zero-order chi connectivity index (χ0) is 14.8. The first-order valence-electron chi connectivity index (χ1n) is 7.14. The van der Waals surface area contributed by atoms with E-state index in [1.165, 1.54) is 4.88 Å². The summed E-state index contributed by atoms with van der Waals surface area (Å²) in [5.74, 6) is 0.950. The zero-order valence-corrected chi connectivity index (χ0v) is 13.1. The number of rotatable bonds is 3. The van der Waals surface area contributed by atoms with Gasteiger partial charge in [-0.1, -0.05) is 6.07 Å². The molecular formula is C16H19N3OS. The van der Waals surface area contributed by atoms with Gasteiger partial charge in [0, 0.05) is 31.7 Å². The second-order valence-corrected chi connectivity index (χ2v) is 6.45. The van der Waals surface area contributed by atoms with E-state index in [9.17, 15) is 4.79 Å². The topological polar surface area (TPSA) is 36.4 Å². The zero-order valence-electron chi connectivity index (χ0n) is 12.3. The van der Waals surface area contributed by atoms with E-state index in [2.05, 4.69) is 22.5 Å². The summed E-state index contributed by atoms with van der Waals surface area (Å²) in [6.07, 6.45) is 3.80. The van der Waals surface area contributed by atoms with Gasteiger partial charge in [-0.15, -0.1) is 11.3 Å². The van der Waals surface area contributed by atoms with Gasteiger partial charge in [-0.05, 0) is 36.4 Å². The third-order valence-electron chi connectivity index (χ3n) is 3.84. The molecule has 1 unspecified atom stereocenters. The van der Waals surface area contributed by atoms with Crippen LogP contribution >= 0.6 is 11.3 Å². The lowest BCUT2D eigenvalue weighted by Gasteiger charge is -2.24. The van der Waals surface area contributed by atoms with Crippen molar-refractivity contribution >= 4 is 23.1 Å². The molecule has 2 aromatic rings. The molecule has 0 N–H and O–H groups in total. The van der Waals surface area contributed by atoms with E-state index < -0.39 is 0 Å². The van der Waals surface area contributed by atoms with Gasteiger partial charge in [0.1, 0.15) is 5.82 Å². The molecule has 0 aliphatic carbocycles. The lowest BCUT2D eigenvalue weighted by Crippen LogP contribution is -2.30. The Hall–Kier alpha value is -1.88. The molecule has 1 fully saturated rings. The summed E-state index contributed by atoms with van der Waals surface area (Å²) in [6.45, 7) is 0.830. The molecule has 3 rings (SSSR count). The molecule has 1 saturated heterocycles. The van der Waals surface area contributed by atoms with Crippen molar-refractivity contribution in [1.29, 1.82) is 0 Å². The predicted molar refractivity (Wildman–Crippen MR) is 85.9 cm³/mol. The second kappa shape index (κ2) is 5.85. The Labute approximate surface area is 129 Å². The molecule has 21 heavy (non-hydrogen) atoms. The Morgan fingerprint density at radius 2 is 2.24 bits per heavy atom. The van der Waals surface area contributed by atoms with Crippen molar-refractivity contribution < 1.29 is 4.79 Å². The fourth-order valence-electron chi connectivity index (χ4n) is 2.73. The summed E-state index contributed by atoms with van der Waals surface area (Å²) in [4.78, 5) is 22.2. The normalized spacial score (nSPS) is 18.0. The van der Waals surface area contributed by atoms with Crippen LogP contribution in [0.25, 0.3) is 0 Å². The van der Waals surface area contributed by atoms with Crippen LogP contribution in [0.15, 0.2) is 35.8 Å². The average molecular weight is 301 g/mol. The molecule has 5 heteroatoms. The second-order valence-electron chi connectivity index (χ2n) is 5.47. The summed E-state index contributed by atoms with van der Waals surface area (Å²) in [7, 11) is 3.88. The molecule has 0 radical (unpaired) electrons. The van der Waals surface area contributed by atoms with Gasteiger partial charge in [0.25, 0.3) is 5.91 Å². The van der Waals surface area contributed by atoms with E-state index in [1.807, 2.05) is 36.0 Å². The number of carbonyl (C=O) groups is 1. The maximum Gasteiger partial charge on any atom is 0.255 e. The van der Waals surface area contributed by atoms with Crippen molar-refractivity contribution in [3.05, 3.63) is 46.3 Å². The lowest BCUT2D eigenvalue weighted by atomic mass is 10.1. The molecule has 0 spiro atoms. The van der Waals surface area contributed by atoms with Crippen molar-refractivity contribution in [2.75, 3.05) is 25.5 Å². The van der Waals surface area contributed by atoms with Crippen LogP contribution in [0.4, 0.5) is 5.82 Å². The number of nitrogens with zero attached hydrogens (tertiary/aromatic N) is 3. The molecule has 3 heterocycles. The number of likely N-dealkylation sites (tertiary alicyclic amines) is 1. The minimum Gasteiger partial charge on any atom is -0.363 e. The number of pyridine rings is 1.